The molecule has 3 rings (SSSR count). The fourth-order valence-corrected chi connectivity index (χ4v) is 4.25. The Morgan fingerprint density at radius 2 is 1.93 bits per heavy atom. The van der Waals surface area contributed by atoms with Gasteiger partial charge >= 0.3 is 6.03 Å². The van der Waals surface area contributed by atoms with Crippen molar-refractivity contribution < 1.29 is 14.4 Å². The molecule has 1 aromatic carbocycles. The number of urea groups is 1. The average Bonchev–Trinajstić information content (AvgIpc) is 3.16. The van der Waals surface area contributed by atoms with Gasteiger partial charge in [0.25, 0.3) is 0 Å². The van der Waals surface area contributed by atoms with Crippen LogP contribution in [0.3, 0.4) is 0 Å². The van der Waals surface area contributed by atoms with Crippen molar-refractivity contribution in [2.75, 3.05) is 32.7 Å². The molecular formula is C22H32N4O3. The minimum absolute atomic E-state index is 0.00133. The quantitative estimate of drug-likeness (QED) is 0.689. The van der Waals surface area contributed by atoms with Crippen LogP contribution in [-0.4, -0.2) is 60.4 Å². The highest BCUT2D eigenvalue weighted by atomic mass is 16.2. The zero-order valence-electron chi connectivity index (χ0n) is 17.2. The van der Waals surface area contributed by atoms with E-state index in [2.05, 4.69) is 10.6 Å². The smallest absolute Gasteiger partial charge is 0.317 e. The molecule has 2 N–H and O–H groups in total. The van der Waals surface area contributed by atoms with E-state index >= 15 is 0 Å². The molecule has 0 saturated carbocycles. The van der Waals surface area contributed by atoms with Gasteiger partial charge < -0.3 is 20.4 Å². The lowest BCUT2D eigenvalue weighted by Crippen LogP contribution is -2.50. The lowest BCUT2D eigenvalue weighted by molar-refractivity contribution is -0.127. The maximum Gasteiger partial charge on any atom is 0.317 e. The van der Waals surface area contributed by atoms with Crippen LogP contribution in [-0.2, 0) is 9.59 Å². The molecule has 0 aromatic heterocycles. The van der Waals surface area contributed by atoms with Gasteiger partial charge in [-0.15, -0.1) is 0 Å². The monoisotopic (exact) mass is 400 g/mol. The van der Waals surface area contributed by atoms with Gasteiger partial charge in [0.05, 0.1) is 12.0 Å². The molecule has 158 valence electrons. The molecule has 0 spiro atoms. The van der Waals surface area contributed by atoms with Crippen molar-refractivity contribution in [3.05, 3.63) is 35.9 Å². The van der Waals surface area contributed by atoms with E-state index in [9.17, 15) is 14.4 Å². The number of amides is 4. The second kappa shape index (κ2) is 10.3. The molecule has 2 atom stereocenters. The maximum atomic E-state index is 12.7. The minimum atomic E-state index is -0.203. The maximum absolute atomic E-state index is 12.7. The van der Waals surface area contributed by atoms with Crippen molar-refractivity contribution in [1.29, 1.82) is 0 Å². The van der Waals surface area contributed by atoms with Crippen molar-refractivity contribution >= 4 is 17.8 Å². The summed E-state index contributed by atoms with van der Waals surface area (Å²) >= 11 is 0. The predicted octanol–water partition coefficient (Wildman–Crippen LogP) is 2.30. The molecule has 2 saturated heterocycles. The number of rotatable bonds is 7. The topological polar surface area (TPSA) is 81.8 Å². The van der Waals surface area contributed by atoms with Crippen molar-refractivity contribution in [2.24, 2.45) is 5.92 Å². The summed E-state index contributed by atoms with van der Waals surface area (Å²) in [4.78, 5) is 40.6. The molecule has 29 heavy (non-hydrogen) atoms. The number of hydrogen-bond acceptors (Lipinski definition) is 3. The Hall–Kier alpha value is -2.57. The molecule has 2 unspecified atom stereocenters. The Kier molecular flexibility index (Phi) is 7.49. The molecular weight excluding hydrogens is 368 g/mol. The van der Waals surface area contributed by atoms with Gasteiger partial charge in [-0.05, 0) is 38.2 Å². The van der Waals surface area contributed by atoms with Gasteiger partial charge in [0, 0.05) is 39.1 Å². The normalized spacial score (nSPS) is 21.9. The predicted molar refractivity (Wildman–Crippen MR) is 111 cm³/mol. The van der Waals surface area contributed by atoms with E-state index < -0.39 is 0 Å². The highest BCUT2D eigenvalue weighted by molar-refractivity contribution is 5.81. The van der Waals surface area contributed by atoms with Crippen LogP contribution in [0.25, 0.3) is 0 Å². The molecule has 7 nitrogen and oxygen atoms in total. The number of nitrogens with one attached hydrogen (secondary N) is 2. The summed E-state index contributed by atoms with van der Waals surface area (Å²) in [6.07, 6.45) is 3.86. The first kappa shape index (κ1) is 21.1. The Labute approximate surface area is 172 Å². The SMILES string of the molecule is CCNC(=O)N1CC(C(=O)NCCCN2CCCC2=O)CCC1c1ccccc1. The summed E-state index contributed by atoms with van der Waals surface area (Å²) in [7, 11) is 0. The molecule has 2 fully saturated rings. The van der Waals surface area contributed by atoms with Crippen LogP contribution in [0.15, 0.2) is 30.3 Å². The largest absolute Gasteiger partial charge is 0.356 e. The molecule has 2 aliphatic rings. The van der Waals surface area contributed by atoms with Crippen molar-refractivity contribution in [3.8, 4) is 0 Å². The van der Waals surface area contributed by atoms with Crippen LogP contribution in [0.1, 0.15) is 50.6 Å². The second-order valence-corrected chi connectivity index (χ2v) is 7.82. The van der Waals surface area contributed by atoms with E-state index in [1.165, 1.54) is 0 Å². The molecule has 4 amide bonds. The molecule has 0 aliphatic carbocycles. The Bertz CT molecular complexity index is 709. The molecule has 7 heteroatoms. The van der Waals surface area contributed by atoms with Crippen LogP contribution in [0.2, 0.25) is 0 Å². The van der Waals surface area contributed by atoms with E-state index in [1.54, 1.807) is 4.90 Å². The highest BCUT2D eigenvalue weighted by Crippen LogP contribution is 2.33. The standard InChI is InChI=1S/C22H32N4O3/c1-2-23-22(29)26-16-18(11-12-19(26)17-8-4-3-5-9-17)21(28)24-13-7-15-25-14-6-10-20(25)27/h3-5,8-9,18-19H,2,6-7,10-16H2,1H3,(H,23,29)(H,24,28). The summed E-state index contributed by atoms with van der Waals surface area (Å²) < 4.78 is 0. The Morgan fingerprint density at radius 3 is 2.62 bits per heavy atom. The average molecular weight is 401 g/mol. The van der Waals surface area contributed by atoms with E-state index in [4.69, 9.17) is 0 Å². The van der Waals surface area contributed by atoms with Crippen molar-refractivity contribution in [3.63, 3.8) is 0 Å². The first-order chi connectivity index (χ1) is 14.1. The second-order valence-electron chi connectivity index (χ2n) is 7.82. The fraction of sp³-hybridized carbons (Fsp3) is 0.591. The first-order valence-electron chi connectivity index (χ1n) is 10.7. The van der Waals surface area contributed by atoms with Crippen molar-refractivity contribution in [1.82, 2.24) is 20.4 Å². The Morgan fingerprint density at radius 1 is 1.14 bits per heavy atom. The summed E-state index contributed by atoms with van der Waals surface area (Å²) in [5.74, 6) is 0.0117. The molecule has 1 aromatic rings. The van der Waals surface area contributed by atoms with Crippen molar-refractivity contribution in [2.45, 2.75) is 45.1 Å². The number of likely N-dealkylation sites (tertiary alicyclic amines) is 2. The van der Waals surface area contributed by atoms with Gasteiger partial charge in [-0.2, -0.15) is 0 Å². The number of carbonyl (C=O) groups is 3. The summed E-state index contributed by atoms with van der Waals surface area (Å²) in [6.45, 7) is 4.96. The van der Waals surface area contributed by atoms with Crippen LogP contribution < -0.4 is 10.6 Å². The minimum Gasteiger partial charge on any atom is -0.356 e. The highest BCUT2D eigenvalue weighted by Gasteiger charge is 2.35. The number of hydrogen-bond donors (Lipinski definition) is 2. The van der Waals surface area contributed by atoms with E-state index in [0.717, 1.165) is 37.8 Å². The van der Waals surface area contributed by atoms with Crippen LogP contribution in [0, 0.1) is 5.92 Å². The third-order valence-corrected chi connectivity index (χ3v) is 5.80. The number of carbonyl (C=O) groups excluding carboxylic acids is 3. The van der Waals surface area contributed by atoms with Gasteiger partial charge in [0.15, 0.2) is 0 Å². The first-order valence-corrected chi connectivity index (χ1v) is 10.7. The number of piperidine rings is 1. The summed E-state index contributed by atoms with van der Waals surface area (Å²) in [5.41, 5.74) is 1.10. The summed E-state index contributed by atoms with van der Waals surface area (Å²) in [6, 6.07) is 9.88. The Balaban J connectivity index is 1.53. The van der Waals surface area contributed by atoms with Crippen LogP contribution >= 0.6 is 0 Å². The van der Waals surface area contributed by atoms with E-state index in [-0.39, 0.29) is 29.8 Å². The zero-order valence-corrected chi connectivity index (χ0v) is 17.2. The van der Waals surface area contributed by atoms with Crippen LogP contribution in [0.4, 0.5) is 4.79 Å². The number of benzene rings is 1. The van der Waals surface area contributed by atoms with E-state index in [0.29, 0.717) is 32.6 Å². The van der Waals surface area contributed by atoms with Crippen LogP contribution in [0.5, 0.6) is 0 Å². The van der Waals surface area contributed by atoms with Gasteiger partial charge in [0.2, 0.25) is 11.8 Å². The molecule has 2 heterocycles. The summed E-state index contributed by atoms with van der Waals surface area (Å²) in [5, 5.41) is 5.88. The van der Waals surface area contributed by atoms with Gasteiger partial charge in [-0.1, -0.05) is 30.3 Å². The number of nitrogens with zero attached hydrogens (tertiary/aromatic N) is 2. The van der Waals surface area contributed by atoms with Gasteiger partial charge in [-0.3, -0.25) is 9.59 Å². The molecule has 2 aliphatic heterocycles. The lowest BCUT2D eigenvalue weighted by atomic mass is 9.88. The van der Waals surface area contributed by atoms with E-state index in [1.807, 2.05) is 42.2 Å². The van der Waals surface area contributed by atoms with Gasteiger partial charge in [0.1, 0.15) is 0 Å². The third kappa shape index (κ3) is 5.49. The molecule has 0 bridgehead atoms. The zero-order chi connectivity index (χ0) is 20.6. The third-order valence-electron chi connectivity index (χ3n) is 5.80. The fourth-order valence-electron chi connectivity index (χ4n) is 4.25. The van der Waals surface area contributed by atoms with Gasteiger partial charge in [-0.25, -0.2) is 4.79 Å². The molecule has 0 radical (unpaired) electrons. The lowest BCUT2D eigenvalue weighted by Gasteiger charge is -2.39.